The van der Waals surface area contributed by atoms with Crippen molar-refractivity contribution in [1.82, 2.24) is 5.32 Å². The molecule has 1 aromatic carbocycles. The molecule has 30 heavy (non-hydrogen) atoms. The molecule has 1 atom stereocenters. The third-order valence-electron chi connectivity index (χ3n) is 4.15. The van der Waals surface area contributed by atoms with Crippen LogP contribution in [0.2, 0.25) is 5.02 Å². The average molecular weight is 457 g/mol. The molecule has 1 amide bonds. The smallest absolute Gasteiger partial charge is 0.408 e. The molecule has 0 radical (unpaired) electrons. The molecule has 0 bridgehead atoms. The lowest BCUT2D eigenvalue weighted by Gasteiger charge is -2.22. The van der Waals surface area contributed by atoms with Crippen molar-refractivity contribution in [1.29, 1.82) is 0 Å². The topological polar surface area (TPSA) is 76.7 Å². The number of ether oxygens (including phenoxy) is 2. The first-order valence-corrected chi connectivity index (χ1v) is 10.6. The summed E-state index contributed by atoms with van der Waals surface area (Å²) >= 11 is 7.66. The molecular formula is C21H26ClFN2O4S. The summed E-state index contributed by atoms with van der Waals surface area (Å²) in [5.41, 5.74) is 1.59. The van der Waals surface area contributed by atoms with Gasteiger partial charge in [-0.1, -0.05) is 11.6 Å². The van der Waals surface area contributed by atoms with E-state index in [0.717, 1.165) is 16.1 Å². The number of amides is 1. The van der Waals surface area contributed by atoms with E-state index in [4.69, 9.17) is 21.1 Å². The van der Waals surface area contributed by atoms with Gasteiger partial charge < -0.3 is 20.1 Å². The minimum absolute atomic E-state index is 0.204. The van der Waals surface area contributed by atoms with Crippen molar-refractivity contribution >= 4 is 40.7 Å². The quantitative estimate of drug-likeness (QED) is 0.586. The van der Waals surface area contributed by atoms with Gasteiger partial charge in [0, 0.05) is 29.8 Å². The SMILES string of the molecule is CNc1c(C[C@@H](NC(=O)OC(C)(C)C)C(=O)OC)csc1Cc1cc(F)ccc1Cl. The number of rotatable bonds is 7. The fourth-order valence-corrected chi connectivity index (χ4v) is 4.15. The Hall–Kier alpha value is -2.32. The second kappa shape index (κ2) is 10.1. The van der Waals surface area contributed by atoms with Crippen LogP contribution in [0.15, 0.2) is 23.6 Å². The van der Waals surface area contributed by atoms with Crippen LogP contribution in [0.5, 0.6) is 0 Å². The van der Waals surface area contributed by atoms with Gasteiger partial charge in [-0.3, -0.25) is 0 Å². The van der Waals surface area contributed by atoms with Gasteiger partial charge in [-0.2, -0.15) is 0 Å². The van der Waals surface area contributed by atoms with Crippen molar-refractivity contribution in [3.63, 3.8) is 0 Å². The van der Waals surface area contributed by atoms with Gasteiger partial charge in [0.15, 0.2) is 0 Å². The summed E-state index contributed by atoms with van der Waals surface area (Å²) in [7, 11) is 3.02. The molecule has 2 aromatic rings. The molecule has 6 nitrogen and oxygen atoms in total. The van der Waals surface area contributed by atoms with Gasteiger partial charge in [0.1, 0.15) is 17.5 Å². The summed E-state index contributed by atoms with van der Waals surface area (Å²) in [6.45, 7) is 5.21. The summed E-state index contributed by atoms with van der Waals surface area (Å²) in [5, 5.41) is 8.07. The van der Waals surface area contributed by atoms with Gasteiger partial charge in [-0.05, 0) is 55.5 Å². The summed E-state index contributed by atoms with van der Waals surface area (Å²) in [4.78, 5) is 25.3. The Bertz CT molecular complexity index is 911. The minimum Gasteiger partial charge on any atom is -0.467 e. The van der Waals surface area contributed by atoms with Crippen molar-refractivity contribution < 1.29 is 23.5 Å². The predicted molar refractivity (Wildman–Crippen MR) is 117 cm³/mol. The number of methoxy groups -OCH3 is 1. The van der Waals surface area contributed by atoms with E-state index < -0.39 is 23.7 Å². The van der Waals surface area contributed by atoms with Gasteiger partial charge in [0.2, 0.25) is 0 Å². The molecule has 0 fully saturated rings. The molecule has 2 rings (SSSR count). The van der Waals surface area contributed by atoms with Gasteiger partial charge in [0.25, 0.3) is 0 Å². The van der Waals surface area contributed by atoms with Crippen LogP contribution in [0.25, 0.3) is 0 Å². The van der Waals surface area contributed by atoms with Gasteiger partial charge in [-0.15, -0.1) is 11.3 Å². The molecular weight excluding hydrogens is 431 g/mol. The van der Waals surface area contributed by atoms with Crippen LogP contribution in [0.1, 0.15) is 36.8 Å². The Kier molecular flexibility index (Phi) is 8.09. The second-order valence-electron chi connectivity index (χ2n) is 7.65. The summed E-state index contributed by atoms with van der Waals surface area (Å²) in [5.74, 6) is -0.937. The van der Waals surface area contributed by atoms with Crippen LogP contribution in [0, 0.1) is 5.82 Å². The van der Waals surface area contributed by atoms with E-state index in [9.17, 15) is 14.0 Å². The van der Waals surface area contributed by atoms with E-state index in [1.54, 1.807) is 27.8 Å². The zero-order valence-corrected chi connectivity index (χ0v) is 19.2. The normalized spacial score (nSPS) is 12.2. The summed E-state index contributed by atoms with van der Waals surface area (Å²) < 4.78 is 23.7. The first kappa shape index (κ1) is 24.0. The minimum atomic E-state index is -0.919. The lowest BCUT2D eigenvalue weighted by Crippen LogP contribution is -2.45. The second-order valence-corrected chi connectivity index (χ2v) is 9.02. The average Bonchev–Trinajstić information content (AvgIpc) is 3.03. The molecule has 1 aromatic heterocycles. The maximum atomic E-state index is 13.6. The fraction of sp³-hybridized carbons (Fsp3) is 0.429. The number of alkyl carbamates (subject to hydrolysis) is 1. The highest BCUT2D eigenvalue weighted by Gasteiger charge is 2.27. The Labute approximate surface area is 184 Å². The maximum Gasteiger partial charge on any atom is 0.408 e. The Morgan fingerprint density at radius 1 is 1.27 bits per heavy atom. The van der Waals surface area contributed by atoms with Crippen LogP contribution in [0.4, 0.5) is 14.9 Å². The highest BCUT2D eigenvalue weighted by Crippen LogP contribution is 2.33. The molecule has 164 valence electrons. The van der Waals surface area contributed by atoms with Gasteiger partial charge in [0.05, 0.1) is 12.8 Å². The van der Waals surface area contributed by atoms with Crippen molar-refractivity contribution in [2.24, 2.45) is 0 Å². The van der Waals surface area contributed by atoms with Crippen LogP contribution in [-0.2, 0) is 27.1 Å². The standard InChI is InChI=1S/C21H26ClFN2O4S/c1-21(2,3)29-20(27)25-16(19(26)28-5)9-13-11-30-17(18(13)24-4)10-12-8-14(23)6-7-15(12)22/h6-8,11,16,24H,9-10H2,1-5H3,(H,25,27)/t16-/m1/s1. The number of hydrogen-bond donors (Lipinski definition) is 2. The molecule has 2 N–H and O–H groups in total. The van der Waals surface area contributed by atoms with Crippen LogP contribution in [0.3, 0.4) is 0 Å². The zero-order chi connectivity index (χ0) is 22.5. The van der Waals surface area contributed by atoms with Crippen molar-refractivity contribution in [2.75, 3.05) is 19.5 Å². The van der Waals surface area contributed by atoms with E-state index in [2.05, 4.69) is 10.6 Å². The van der Waals surface area contributed by atoms with Crippen molar-refractivity contribution in [3.05, 3.63) is 50.4 Å². The Balaban J connectivity index is 2.23. The Morgan fingerprint density at radius 3 is 2.57 bits per heavy atom. The largest absolute Gasteiger partial charge is 0.467 e. The number of thiophene rings is 1. The first-order chi connectivity index (χ1) is 14.0. The lowest BCUT2D eigenvalue weighted by atomic mass is 10.0. The molecule has 0 aliphatic heterocycles. The number of anilines is 1. The van der Waals surface area contributed by atoms with E-state index >= 15 is 0 Å². The number of benzene rings is 1. The molecule has 0 saturated carbocycles. The summed E-state index contributed by atoms with van der Waals surface area (Å²) in [6.07, 6.45) is -0.0687. The van der Waals surface area contributed by atoms with Crippen LogP contribution in [-0.4, -0.2) is 37.9 Å². The third-order valence-corrected chi connectivity index (χ3v) is 5.56. The van der Waals surface area contributed by atoms with Gasteiger partial charge in [-0.25, -0.2) is 14.0 Å². The lowest BCUT2D eigenvalue weighted by molar-refractivity contribution is -0.143. The molecule has 0 unspecified atom stereocenters. The fourth-order valence-electron chi connectivity index (χ4n) is 2.88. The third kappa shape index (κ3) is 6.60. The van der Waals surface area contributed by atoms with E-state index in [1.165, 1.54) is 36.6 Å². The molecule has 9 heteroatoms. The first-order valence-electron chi connectivity index (χ1n) is 9.32. The molecule has 1 heterocycles. The van der Waals surface area contributed by atoms with E-state index in [1.807, 2.05) is 5.38 Å². The Morgan fingerprint density at radius 2 is 1.97 bits per heavy atom. The molecule has 0 saturated heterocycles. The highest BCUT2D eigenvalue weighted by molar-refractivity contribution is 7.10. The zero-order valence-electron chi connectivity index (χ0n) is 17.6. The van der Waals surface area contributed by atoms with Crippen molar-refractivity contribution in [3.8, 4) is 0 Å². The number of carbonyl (C=O) groups excluding carboxylic acids is 2. The number of nitrogens with one attached hydrogen (secondary N) is 2. The molecule has 0 aliphatic rings. The maximum absolute atomic E-state index is 13.6. The van der Waals surface area contributed by atoms with Crippen LogP contribution >= 0.6 is 22.9 Å². The van der Waals surface area contributed by atoms with E-state index in [0.29, 0.717) is 17.0 Å². The van der Waals surface area contributed by atoms with Crippen LogP contribution < -0.4 is 10.6 Å². The number of hydrogen-bond acceptors (Lipinski definition) is 6. The highest BCUT2D eigenvalue weighted by atomic mass is 35.5. The number of esters is 1. The van der Waals surface area contributed by atoms with Crippen molar-refractivity contribution in [2.45, 2.75) is 45.3 Å². The predicted octanol–water partition coefficient (Wildman–Crippen LogP) is 4.78. The van der Waals surface area contributed by atoms with Gasteiger partial charge >= 0.3 is 12.1 Å². The monoisotopic (exact) mass is 456 g/mol. The molecule has 0 aliphatic carbocycles. The summed E-state index contributed by atoms with van der Waals surface area (Å²) in [6, 6.07) is 3.33. The number of carbonyl (C=O) groups is 2. The van der Waals surface area contributed by atoms with E-state index in [-0.39, 0.29) is 12.2 Å². The molecule has 0 spiro atoms. The number of halogens is 2.